The van der Waals surface area contributed by atoms with Gasteiger partial charge in [-0.05, 0) is 91.4 Å². The monoisotopic (exact) mass is 374 g/mol. The van der Waals surface area contributed by atoms with Crippen molar-refractivity contribution in [2.45, 2.75) is 98.0 Å². The van der Waals surface area contributed by atoms with Crippen molar-refractivity contribution < 1.29 is 10.2 Å². The fraction of sp³-hybridized carbons (Fsp3) is 0.680. The molecule has 0 saturated carbocycles. The molecule has 0 fully saturated rings. The highest BCUT2D eigenvalue weighted by Crippen LogP contribution is 2.34. The Morgan fingerprint density at radius 1 is 1.04 bits per heavy atom. The van der Waals surface area contributed by atoms with Crippen LogP contribution >= 0.6 is 0 Å². The topological polar surface area (TPSA) is 40.5 Å². The van der Waals surface area contributed by atoms with Crippen LogP contribution in [0.3, 0.4) is 0 Å². The summed E-state index contributed by atoms with van der Waals surface area (Å²) >= 11 is 0. The average molecular weight is 375 g/mol. The van der Waals surface area contributed by atoms with Gasteiger partial charge in [0.05, 0.1) is 12.2 Å². The molecule has 0 aromatic heterocycles. The van der Waals surface area contributed by atoms with Crippen LogP contribution in [0.5, 0.6) is 0 Å². The van der Waals surface area contributed by atoms with Crippen molar-refractivity contribution in [3.05, 3.63) is 46.6 Å². The Kier molecular flexibility index (Phi) is 10.9. The van der Waals surface area contributed by atoms with Gasteiger partial charge >= 0.3 is 0 Å². The first-order chi connectivity index (χ1) is 12.8. The molecule has 27 heavy (non-hydrogen) atoms. The van der Waals surface area contributed by atoms with E-state index in [9.17, 15) is 5.11 Å². The third-order valence-corrected chi connectivity index (χ3v) is 6.13. The highest BCUT2D eigenvalue weighted by Gasteiger charge is 2.32. The molecule has 154 valence electrons. The molecule has 0 aliphatic heterocycles. The lowest BCUT2D eigenvalue weighted by Gasteiger charge is -2.35. The van der Waals surface area contributed by atoms with Gasteiger partial charge in [-0.2, -0.15) is 0 Å². The fourth-order valence-corrected chi connectivity index (χ4v) is 3.67. The van der Waals surface area contributed by atoms with Gasteiger partial charge in [-0.1, -0.05) is 53.5 Å². The van der Waals surface area contributed by atoms with Gasteiger partial charge in [0.15, 0.2) is 0 Å². The lowest BCUT2D eigenvalue weighted by Crippen LogP contribution is -2.36. The zero-order chi connectivity index (χ0) is 20.3. The van der Waals surface area contributed by atoms with Crippen LogP contribution in [0.25, 0.3) is 0 Å². The normalized spacial score (nSPS) is 25.1. The van der Waals surface area contributed by atoms with Crippen molar-refractivity contribution in [3.8, 4) is 0 Å². The number of hydrogen-bond acceptors (Lipinski definition) is 2. The second-order valence-corrected chi connectivity index (χ2v) is 8.72. The first-order valence-electron chi connectivity index (χ1n) is 10.7. The Labute approximate surface area is 167 Å². The minimum absolute atomic E-state index is 0.126. The van der Waals surface area contributed by atoms with Crippen molar-refractivity contribution >= 4 is 0 Å². The van der Waals surface area contributed by atoms with Gasteiger partial charge in [-0.3, -0.25) is 0 Å². The summed E-state index contributed by atoms with van der Waals surface area (Å²) in [7, 11) is 0. The number of hydrogen-bond donors (Lipinski definition) is 2. The Morgan fingerprint density at radius 2 is 1.59 bits per heavy atom. The summed E-state index contributed by atoms with van der Waals surface area (Å²) in [6.45, 7) is 10.9. The van der Waals surface area contributed by atoms with Crippen LogP contribution in [0.1, 0.15) is 92.4 Å². The Morgan fingerprint density at radius 3 is 2.19 bits per heavy atom. The first kappa shape index (κ1) is 23.9. The van der Waals surface area contributed by atoms with Crippen molar-refractivity contribution in [2.24, 2.45) is 5.92 Å². The Bertz CT molecular complexity index is 565. The predicted molar refractivity (Wildman–Crippen MR) is 118 cm³/mol. The SMILES string of the molecule is CC(=CCCC(C)C1(O)CCC(C)=CCC=C(C)CCC=C(C)CC1)CO. The van der Waals surface area contributed by atoms with Crippen molar-refractivity contribution in [1.29, 1.82) is 0 Å². The highest BCUT2D eigenvalue weighted by atomic mass is 16.3. The molecule has 2 heteroatoms. The molecule has 0 spiro atoms. The van der Waals surface area contributed by atoms with Crippen LogP contribution in [-0.2, 0) is 0 Å². The third-order valence-electron chi connectivity index (χ3n) is 6.13. The van der Waals surface area contributed by atoms with Gasteiger partial charge in [0.1, 0.15) is 0 Å². The summed E-state index contributed by atoms with van der Waals surface area (Å²) in [5.41, 5.74) is 4.64. The van der Waals surface area contributed by atoms with Gasteiger partial charge < -0.3 is 10.2 Å². The van der Waals surface area contributed by atoms with Gasteiger partial charge in [-0.25, -0.2) is 0 Å². The van der Waals surface area contributed by atoms with E-state index in [1.54, 1.807) is 0 Å². The second-order valence-electron chi connectivity index (χ2n) is 8.72. The van der Waals surface area contributed by atoms with Crippen LogP contribution < -0.4 is 0 Å². The van der Waals surface area contributed by atoms with E-state index in [1.807, 2.05) is 6.92 Å². The van der Waals surface area contributed by atoms with E-state index in [0.29, 0.717) is 0 Å². The van der Waals surface area contributed by atoms with Gasteiger partial charge in [0.2, 0.25) is 0 Å². The molecule has 2 nitrogen and oxygen atoms in total. The molecule has 2 unspecified atom stereocenters. The lowest BCUT2D eigenvalue weighted by molar-refractivity contribution is -0.0294. The number of aliphatic hydroxyl groups excluding tert-OH is 1. The molecule has 0 saturated heterocycles. The Hall–Kier alpha value is -1.12. The molecule has 0 aromatic carbocycles. The minimum atomic E-state index is -0.624. The zero-order valence-electron chi connectivity index (χ0n) is 18.4. The van der Waals surface area contributed by atoms with Gasteiger partial charge in [-0.15, -0.1) is 0 Å². The van der Waals surface area contributed by atoms with Crippen LogP contribution in [0, 0.1) is 5.92 Å². The maximum Gasteiger partial charge on any atom is 0.0679 e. The molecule has 2 atom stereocenters. The minimum Gasteiger partial charge on any atom is -0.392 e. The molecular weight excluding hydrogens is 332 g/mol. The van der Waals surface area contributed by atoms with E-state index in [0.717, 1.165) is 63.4 Å². The fourth-order valence-electron chi connectivity index (χ4n) is 3.67. The summed E-state index contributed by atoms with van der Waals surface area (Å²) in [6, 6.07) is 0. The Balaban J connectivity index is 2.87. The number of aliphatic hydroxyl groups is 2. The maximum absolute atomic E-state index is 11.5. The summed E-state index contributed by atoms with van der Waals surface area (Å²) in [6.07, 6.45) is 17.8. The highest BCUT2D eigenvalue weighted by molar-refractivity contribution is 5.10. The molecule has 2 N–H and O–H groups in total. The zero-order valence-corrected chi connectivity index (χ0v) is 18.4. The van der Waals surface area contributed by atoms with Crippen LogP contribution in [0.2, 0.25) is 0 Å². The standard InChI is InChI=1S/C25H42O2/c1-20-9-6-11-21(2)15-17-25(27,18-16-22(3)12-7-10-20)24(5)14-8-13-23(4)19-26/h9,11-13,24,26-27H,6-8,10,14-19H2,1-5H3. The van der Waals surface area contributed by atoms with Crippen molar-refractivity contribution in [1.82, 2.24) is 0 Å². The smallest absolute Gasteiger partial charge is 0.0679 e. The molecule has 1 rings (SSSR count). The third kappa shape index (κ3) is 9.58. The van der Waals surface area contributed by atoms with Crippen LogP contribution in [0.4, 0.5) is 0 Å². The van der Waals surface area contributed by atoms with E-state index in [-0.39, 0.29) is 12.5 Å². The molecule has 1 aliphatic carbocycles. The molecule has 0 heterocycles. The van der Waals surface area contributed by atoms with E-state index in [1.165, 1.54) is 16.7 Å². The van der Waals surface area contributed by atoms with Crippen molar-refractivity contribution in [3.63, 3.8) is 0 Å². The lowest BCUT2D eigenvalue weighted by atomic mass is 9.77. The average Bonchev–Trinajstić information content (AvgIpc) is 2.63. The van der Waals surface area contributed by atoms with E-state index in [4.69, 9.17) is 5.11 Å². The molecule has 0 aromatic rings. The quantitative estimate of drug-likeness (QED) is 0.528. The number of rotatable bonds is 5. The van der Waals surface area contributed by atoms with E-state index in [2.05, 4.69) is 52.0 Å². The first-order valence-corrected chi connectivity index (χ1v) is 10.7. The van der Waals surface area contributed by atoms with Gasteiger partial charge in [0, 0.05) is 0 Å². The maximum atomic E-state index is 11.5. The van der Waals surface area contributed by atoms with Crippen molar-refractivity contribution in [2.75, 3.05) is 6.61 Å². The van der Waals surface area contributed by atoms with Crippen LogP contribution in [0.15, 0.2) is 46.6 Å². The molecule has 1 aliphatic rings. The second kappa shape index (κ2) is 12.4. The summed E-state index contributed by atoms with van der Waals surface area (Å²) < 4.78 is 0. The summed E-state index contributed by atoms with van der Waals surface area (Å²) in [5.74, 6) is 0.246. The largest absolute Gasteiger partial charge is 0.392 e. The number of allylic oxidation sites excluding steroid dienone is 7. The van der Waals surface area contributed by atoms with E-state index < -0.39 is 5.60 Å². The molecule has 0 radical (unpaired) electrons. The predicted octanol–water partition coefficient (Wildman–Crippen LogP) is 6.66. The molecule has 0 bridgehead atoms. The molecule has 0 amide bonds. The van der Waals surface area contributed by atoms with Gasteiger partial charge in [0.25, 0.3) is 0 Å². The van der Waals surface area contributed by atoms with E-state index >= 15 is 0 Å². The summed E-state index contributed by atoms with van der Waals surface area (Å²) in [5, 5.41) is 20.7. The van der Waals surface area contributed by atoms with Crippen LogP contribution in [-0.4, -0.2) is 22.4 Å². The summed E-state index contributed by atoms with van der Waals surface area (Å²) in [4.78, 5) is 0. The molecular formula is C25H42O2.